The predicted octanol–water partition coefficient (Wildman–Crippen LogP) is 3.01. The molecular formula is C26H34Cl2N8O2S. The van der Waals surface area contributed by atoms with Crippen LogP contribution in [0.25, 0.3) is 11.3 Å². The number of aryl methyl sites for hydroxylation is 1. The number of halogens is 2. The number of anilines is 1. The fraction of sp³-hybridized carbons (Fsp3) is 0.346. The highest BCUT2D eigenvalue weighted by molar-refractivity contribution is 7.89. The summed E-state index contributed by atoms with van der Waals surface area (Å²) in [6, 6.07) is 14.5. The minimum absolute atomic E-state index is 0. The zero-order valence-corrected chi connectivity index (χ0v) is 24.4. The van der Waals surface area contributed by atoms with Crippen LogP contribution >= 0.6 is 24.8 Å². The van der Waals surface area contributed by atoms with Gasteiger partial charge in [-0.1, -0.05) is 24.3 Å². The number of piperazine rings is 1. The maximum absolute atomic E-state index is 12.8. The topological polar surface area (TPSA) is 92.4 Å². The molecule has 39 heavy (non-hydrogen) atoms. The average molecular weight is 594 g/mol. The van der Waals surface area contributed by atoms with Crippen molar-refractivity contribution in [3.63, 3.8) is 0 Å². The SMILES string of the molecule is CN(CCN1CCN(c2cccnc2-c2ccc(Cn3cccn3)cc2)CC1)S(=O)(=O)c1cnn(C)c1.Cl.Cl. The second-order valence-electron chi connectivity index (χ2n) is 9.28. The van der Waals surface area contributed by atoms with Crippen molar-refractivity contribution >= 4 is 40.5 Å². The van der Waals surface area contributed by atoms with Gasteiger partial charge in [0.05, 0.1) is 24.1 Å². The van der Waals surface area contributed by atoms with Gasteiger partial charge in [0.25, 0.3) is 0 Å². The Labute approximate surface area is 242 Å². The van der Waals surface area contributed by atoms with E-state index in [-0.39, 0.29) is 29.7 Å². The summed E-state index contributed by atoms with van der Waals surface area (Å²) < 4.78 is 30.3. The molecule has 210 valence electrons. The molecular weight excluding hydrogens is 559 g/mol. The lowest BCUT2D eigenvalue weighted by Crippen LogP contribution is -2.48. The Morgan fingerprint density at radius 3 is 2.33 bits per heavy atom. The van der Waals surface area contributed by atoms with E-state index in [1.54, 1.807) is 20.3 Å². The van der Waals surface area contributed by atoms with Crippen molar-refractivity contribution < 1.29 is 8.42 Å². The second-order valence-corrected chi connectivity index (χ2v) is 11.3. The quantitative estimate of drug-likeness (QED) is 0.295. The molecule has 0 bridgehead atoms. The fourth-order valence-electron chi connectivity index (χ4n) is 4.55. The van der Waals surface area contributed by atoms with Crippen molar-refractivity contribution in [3.8, 4) is 11.3 Å². The monoisotopic (exact) mass is 592 g/mol. The van der Waals surface area contributed by atoms with Crippen LogP contribution in [-0.4, -0.2) is 88.5 Å². The van der Waals surface area contributed by atoms with Crippen LogP contribution in [0.1, 0.15) is 5.56 Å². The Bertz CT molecular complexity index is 1420. The summed E-state index contributed by atoms with van der Waals surface area (Å²) in [5.41, 5.74) is 4.38. The summed E-state index contributed by atoms with van der Waals surface area (Å²) in [5, 5.41) is 8.27. The standard InChI is InChI=1S/C26H32N8O2S.2ClH/c1-30-21-24(19-29-30)37(35,36)31(2)13-14-32-15-17-33(18-16-32)25-5-3-10-27-26(25)23-8-6-22(7-9-23)20-34-12-4-11-28-34;;/h3-12,19,21H,13-18,20H2,1-2H3;2*1H. The molecule has 1 saturated heterocycles. The van der Waals surface area contributed by atoms with Gasteiger partial charge in [0.15, 0.2) is 0 Å². The Morgan fingerprint density at radius 1 is 0.949 bits per heavy atom. The predicted molar refractivity (Wildman–Crippen MR) is 157 cm³/mol. The van der Waals surface area contributed by atoms with Crippen LogP contribution in [0.4, 0.5) is 5.69 Å². The summed E-state index contributed by atoms with van der Waals surface area (Å²) in [7, 11) is -0.189. The molecule has 4 aromatic rings. The normalized spacial score (nSPS) is 14.2. The van der Waals surface area contributed by atoms with Gasteiger partial charge in [0.1, 0.15) is 4.90 Å². The van der Waals surface area contributed by atoms with Crippen LogP contribution in [-0.2, 0) is 23.6 Å². The van der Waals surface area contributed by atoms with E-state index in [0.29, 0.717) is 13.1 Å². The molecule has 10 nitrogen and oxygen atoms in total. The van der Waals surface area contributed by atoms with Crippen molar-refractivity contribution in [3.05, 3.63) is 79.0 Å². The number of rotatable bonds is 9. The molecule has 0 N–H and O–H groups in total. The molecule has 0 amide bonds. The van der Waals surface area contributed by atoms with Gasteiger partial charge in [0.2, 0.25) is 10.0 Å². The number of nitrogens with zero attached hydrogens (tertiary/aromatic N) is 8. The second kappa shape index (κ2) is 13.4. The van der Waals surface area contributed by atoms with E-state index in [1.807, 2.05) is 29.2 Å². The van der Waals surface area contributed by atoms with E-state index in [1.165, 1.54) is 26.9 Å². The van der Waals surface area contributed by atoms with E-state index in [9.17, 15) is 8.42 Å². The van der Waals surface area contributed by atoms with Crippen molar-refractivity contribution in [2.24, 2.45) is 7.05 Å². The molecule has 1 aliphatic heterocycles. The minimum atomic E-state index is -3.53. The number of pyridine rings is 1. The number of aromatic nitrogens is 5. The highest BCUT2D eigenvalue weighted by atomic mass is 35.5. The number of sulfonamides is 1. The lowest BCUT2D eigenvalue weighted by molar-refractivity contribution is 0.244. The molecule has 13 heteroatoms. The highest BCUT2D eigenvalue weighted by Crippen LogP contribution is 2.29. The lowest BCUT2D eigenvalue weighted by Gasteiger charge is -2.37. The molecule has 0 saturated carbocycles. The average Bonchev–Trinajstić information content (AvgIpc) is 3.60. The molecule has 0 atom stereocenters. The zero-order valence-electron chi connectivity index (χ0n) is 22.0. The van der Waals surface area contributed by atoms with Gasteiger partial charge in [-0.25, -0.2) is 8.42 Å². The molecule has 5 rings (SSSR count). The third kappa shape index (κ3) is 7.17. The number of hydrogen-bond acceptors (Lipinski definition) is 7. The van der Waals surface area contributed by atoms with Crippen molar-refractivity contribution in [2.75, 3.05) is 51.2 Å². The molecule has 0 spiro atoms. The number of likely N-dealkylation sites (N-methyl/N-ethyl adjacent to an activating group) is 1. The van der Waals surface area contributed by atoms with Gasteiger partial charge >= 0.3 is 0 Å². The smallest absolute Gasteiger partial charge is 0.245 e. The molecule has 0 radical (unpaired) electrons. The van der Waals surface area contributed by atoms with E-state index >= 15 is 0 Å². The first-order chi connectivity index (χ1) is 17.9. The summed E-state index contributed by atoms with van der Waals surface area (Å²) >= 11 is 0. The summed E-state index contributed by atoms with van der Waals surface area (Å²) in [5.74, 6) is 0. The van der Waals surface area contributed by atoms with Gasteiger partial charge in [-0.05, 0) is 23.8 Å². The van der Waals surface area contributed by atoms with Crippen LogP contribution in [0.3, 0.4) is 0 Å². The first kappa shape index (κ1) is 30.6. The molecule has 0 unspecified atom stereocenters. The summed E-state index contributed by atoms with van der Waals surface area (Å²) in [4.78, 5) is 9.61. The largest absolute Gasteiger partial charge is 0.367 e. The molecule has 4 heterocycles. The Morgan fingerprint density at radius 2 is 1.69 bits per heavy atom. The van der Waals surface area contributed by atoms with Gasteiger partial charge < -0.3 is 4.90 Å². The number of benzene rings is 1. The van der Waals surface area contributed by atoms with Crippen LogP contribution in [0, 0.1) is 0 Å². The third-order valence-electron chi connectivity index (χ3n) is 6.75. The van der Waals surface area contributed by atoms with E-state index < -0.39 is 10.0 Å². The van der Waals surface area contributed by atoms with E-state index in [2.05, 4.69) is 50.3 Å². The van der Waals surface area contributed by atoms with Crippen molar-refractivity contribution in [2.45, 2.75) is 11.4 Å². The van der Waals surface area contributed by atoms with Gasteiger partial charge in [0, 0.05) is 83.7 Å². The molecule has 1 aromatic carbocycles. The lowest BCUT2D eigenvalue weighted by atomic mass is 10.1. The maximum Gasteiger partial charge on any atom is 0.245 e. The van der Waals surface area contributed by atoms with Crippen LogP contribution < -0.4 is 4.90 Å². The Hall–Kier alpha value is -2.96. The minimum Gasteiger partial charge on any atom is -0.367 e. The fourth-order valence-corrected chi connectivity index (χ4v) is 5.70. The van der Waals surface area contributed by atoms with Gasteiger partial charge in [-0.3, -0.25) is 19.2 Å². The van der Waals surface area contributed by atoms with Crippen LogP contribution in [0.2, 0.25) is 0 Å². The van der Waals surface area contributed by atoms with Gasteiger partial charge in [-0.15, -0.1) is 24.8 Å². The molecule has 3 aromatic heterocycles. The third-order valence-corrected chi connectivity index (χ3v) is 8.56. The summed E-state index contributed by atoms with van der Waals surface area (Å²) in [6.45, 7) is 5.28. The Kier molecular flexibility index (Phi) is 10.5. The van der Waals surface area contributed by atoms with Crippen LogP contribution in [0.15, 0.2) is 78.3 Å². The first-order valence-corrected chi connectivity index (χ1v) is 13.8. The van der Waals surface area contributed by atoms with Gasteiger partial charge in [-0.2, -0.15) is 14.5 Å². The van der Waals surface area contributed by atoms with E-state index in [4.69, 9.17) is 4.98 Å². The maximum atomic E-state index is 12.8. The first-order valence-electron chi connectivity index (χ1n) is 12.3. The number of hydrogen-bond donors (Lipinski definition) is 0. The highest BCUT2D eigenvalue weighted by Gasteiger charge is 2.25. The summed E-state index contributed by atoms with van der Waals surface area (Å²) in [6.07, 6.45) is 8.51. The van der Waals surface area contributed by atoms with Crippen LogP contribution in [0.5, 0.6) is 0 Å². The van der Waals surface area contributed by atoms with Crippen molar-refractivity contribution in [1.29, 1.82) is 0 Å². The molecule has 1 fully saturated rings. The zero-order chi connectivity index (χ0) is 25.8. The Balaban J connectivity index is 0.00000210. The molecule has 0 aliphatic carbocycles. The van der Waals surface area contributed by atoms with Crippen molar-refractivity contribution in [1.82, 2.24) is 33.8 Å². The van der Waals surface area contributed by atoms with E-state index in [0.717, 1.165) is 49.7 Å². The molecule has 1 aliphatic rings.